The van der Waals surface area contributed by atoms with E-state index in [1.165, 1.54) is 7.11 Å². The van der Waals surface area contributed by atoms with Gasteiger partial charge in [0.2, 0.25) is 0 Å². The molecule has 3 aromatic carbocycles. The summed E-state index contributed by atoms with van der Waals surface area (Å²) >= 11 is 0. The van der Waals surface area contributed by atoms with E-state index in [-0.39, 0.29) is 12.5 Å². The molecule has 0 bridgehead atoms. The molecule has 166 valence electrons. The molecule has 4 aromatic rings. The lowest BCUT2D eigenvalue weighted by Crippen LogP contribution is -2.21. The second-order valence-corrected chi connectivity index (χ2v) is 7.38. The zero-order valence-corrected chi connectivity index (χ0v) is 18.3. The highest BCUT2D eigenvalue weighted by Crippen LogP contribution is 2.25. The van der Waals surface area contributed by atoms with Gasteiger partial charge in [0.15, 0.2) is 6.61 Å². The van der Waals surface area contributed by atoms with Crippen LogP contribution in [0.2, 0.25) is 0 Å². The van der Waals surface area contributed by atoms with Crippen molar-refractivity contribution in [1.29, 1.82) is 0 Å². The Kier molecular flexibility index (Phi) is 6.50. The smallest absolute Gasteiger partial charge is 0.337 e. The first kappa shape index (κ1) is 21.8. The van der Waals surface area contributed by atoms with Crippen LogP contribution in [-0.4, -0.2) is 35.4 Å². The minimum absolute atomic E-state index is 0.197. The molecule has 33 heavy (non-hydrogen) atoms. The van der Waals surface area contributed by atoms with Gasteiger partial charge in [-0.05, 0) is 43.3 Å². The van der Waals surface area contributed by atoms with Crippen LogP contribution in [0.15, 0.2) is 84.9 Å². The van der Waals surface area contributed by atoms with Crippen LogP contribution in [0.25, 0.3) is 16.9 Å². The van der Waals surface area contributed by atoms with Gasteiger partial charge in [-0.3, -0.25) is 4.79 Å². The molecule has 0 aliphatic carbocycles. The number of para-hydroxylation sites is 1. The van der Waals surface area contributed by atoms with E-state index in [4.69, 9.17) is 9.84 Å². The van der Waals surface area contributed by atoms with Crippen LogP contribution in [-0.2, 0) is 9.53 Å². The van der Waals surface area contributed by atoms with E-state index in [0.717, 1.165) is 22.5 Å². The average Bonchev–Trinajstić information content (AvgIpc) is 3.27. The second kappa shape index (κ2) is 9.82. The first-order valence-electron chi connectivity index (χ1n) is 10.4. The number of esters is 1. The highest BCUT2D eigenvalue weighted by atomic mass is 16.5. The summed E-state index contributed by atoms with van der Waals surface area (Å²) in [6.45, 7) is 1.83. The third-order valence-corrected chi connectivity index (χ3v) is 4.97. The van der Waals surface area contributed by atoms with Crippen LogP contribution >= 0.6 is 0 Å². The van der Waals surface area contributed by atoms with Crippen molar-refractivity contribution in [2.75, 3.05) is 19.0 Å². The summed E-state index contributed by atoms with van der Waals surface area (Å²) in [5.74, 6) is 0.235. The summed E-state index contributed by atoms with van der Waals surface area (Å²) in [6, 6.07) is 25.8. The van der Waals surface area contributed by atoms with Gasteiger partial charge in [0.1, 0.15) is 11.6 Å². The number of benzene rings is 3. The fourth-order valence-corrected chi connectivity index (χ4v) is 3.23. The molecule has 0 fully saturated rings. The molecule has 0 aliphatic rings. The Morgan fingerprint density at radius 1 is 0.939 bits per heavy atom. The predicted molar refractivity (Wildman–Crippen MR) is 126 cm³/mol. The van der Waals surface area contributed by atoms with Crippen molar-refractivity contribution in [3.63, 3.8) is 0 Å². The fraction of sp³-hybridized carbons (Fsp3) is 0.115. The zero-order chi connectivity index (χ0) is 23.2. The molecule has 0 saturated carbocycles. The van der Waals surface area contributed by atoms with Gasteiger partial charge in [0.05, 0.1) is 24.1 Å². The van der Waals surface area contributed by atoms with E-state index in [1.807, 2.05) is 67.6 Å². The maximum Gasteiger partial charge on any atom is 0.337 e. The molecule has 1 amide bonds. The summed E-state index contributed by atoms with van der Waals surface area (Å²) in [4.78, 5) is 24.2. The molecular formula is C26H23N3O4. The fourth-order valence-electron chi connectivity index (χ4n) is 3.23. The number of nitrogens with one attached hydrogen (secondary N) is 1. The minimum Gasteiger partial charge on any atom is -0.484 e. The van der Waals surface area contributed by atoms with Crippen molar-refractivity contribution in [3.05, 3.63) is 96.1 Å². The third kappa shape index (κ3) is 5.27. The Hall–Kier alpha value is -4.39. The highest BCUT2D eigenvalue weighted by Gasteiger charge is 2.14. The number of hydrogen-bond donors (Lipinski definition) is 1. The standard InChI is InChI=1S/C26H23N3O4/c1-18-8-10-19(11-9-18)23-16-24(29(28-23)21-6-4-3-5-7-21)27-25(30)17-33-22-14-12-20(13-15-22)26(31)32-2/h3-16H,17H2,1-2H3,(H,27,30). The third-order valence-electron chi connectivity index (χ3n) is 4.97. The number of rotatable bonds is 7. The van der Waals surface area contributed by atoms with Crippen molar-refractivity contribution >= 4 is 17.7 Å². The van der Waals surface area contributed by atoms with E-state index >= 15 is 0 Å². The Bertz CT molecular complexity index is 1250. The number of carbonyl (C=O) groups is 2. The van der Waals surface area contributed by atoms with Crippen LogP contribution in [0, 0.1) is 6.92 Å². The number of aromatic nitrogens is 2. The SMILES string of the molecule is COC(=O)c1ccc(OCC(=O)Nc2cc(-c3ccc(C)cc3)nn2-c2ccccc2)cc1. The van der Waals surface area contributed by atoms with E-state index in [2.05, 4.69) is 10.1 Å². The molecule has 4 rings (SSSR count). The second-order valence-electron chi connectivity index (χ2n) is 7.38. The quantitative estimate of drug-likeness (QED) is 0.422. The molecule has 1 N–H and O–H groups in total. The van der Waals surface area contributed by atoms with Gasteiger partial charge in [0.25, 0.3) is 5.91 Å². The monoisotopic (exact) mass is 441 g/mol. The van der Waals surface area contributed by atoms with E-state index < -0.39 is 5.97 Å². The molecule has 7 heteroatoms. The first-order valence-corrected chi connectivity index (χ1v) is 10.4. The number of anilines is 1. The van der Waals surface area contributed by atoms with Gasteiger partial charge in [-0.25, -0.2) is 9.48 Å². The van der Waals surface area contributed by atoms with Crippen LogP contribution in [0.3, 0.4) is 0 Å². The van der Waals surface area contributed by atoms with Gasteiger partial charge >= 0.3 is 5.97 Å². The van der Waals surface area contributed by atoms with Crippen molar-refractivity contribution in [1.82, 2.24) is 9.78 Å². The summed E-state index contributed by atoms with van der Waals surface area (Å²) in [5, 5.41) is 7.59. The van der Waals surface area contributed by atoms with Crippen molar-refractivity contribution in [3.8, 4) is 22.7 Å². The number of aryl methyl sites for hydroxylation is 1. The molecule has 1 aromatic heterocycles. The summed E-state index contributed by atoms with van der Waals surface area (Å²) in [7, 11) is 1.32. The van der Waals surface area contributed by atoms with Crippen molar-refractivity contribution < 1.29 is 19.1 Å². The van der Waals surface area contributed by atoms with Gasteiger partial charge < -0.3 is 14.8 Å². The molecule has 0 saturated heterocycles. The van der Waals surface area contributed by atoms with Crippen LogP contribution in [0.4, 0.5) is 5.82 Å². The number of methoxy groups -OCH3 is 1. The van der Waals surface area contributed by atoms with Gasteiger partial charge in [0, 0.05) is 11.6 Å². The van der Waals surface area contributed by atoms with E-state index in [9.17, 15) is 9.59 Å². The molecule has 0 spiro atoms. The number of hydrogen-bond acceptors (Lipinski definition) is 5. The van der Waals surface area contributed by atoms with Gasteiger partial charge in [-0.1, -0.05) is 48.0 Å². The molecular weight excluding hydrogens is 418 g/mol. The average molecular weight is 441 g/mol. The van der Waals surface area contributed by atoms with E-state index in [0.29, 0.717) is 17.1 Å². The lowest BCUT2D eigenvalue weighted by molar-refractivity contribution is -0.118. The van der Waals surface area contributed by atoms with Gasteiger partial charge in [-0.15, -0.1) is 0 Å². The van der Waals surface area contributed by atoms with Crippen molar-refractivity contribution in [2.45, 2.75) is 6.92 Å². The lowest BCUT2D eigenvalue weighted by Gasteiger charge is -2.10. The summed E-state index contributed by atoms with van der Waals surface area (Å²) in [6.07, 6.45) is 0. The zero-order valence-electron chi connectivity index (χ0n) is 18.3. The summed E-state index contributed by atoms with van der Waals surface area (Å²) < 4.78 is 11.9. The molecule has 1 heterocycles. The Morgan fingerprint density at radius 2 is 1.64 bits per heavy atom. The first-order chi connectivity index (χ1) is 16.0. The maximum absolute atomic E-state index is 12.6. The van der Waals surface area contributed by atoms with Crippen LogP contribution in [0.1, 0.15) is 15.9 Å². The molecule has 0 atom stereocenters. The number of carbonyl (C=O) groups excluding carboxylic acids is 2. The predicted octanol–water partition coefficient (Wildman–Crippen LogP) is 4.65. The highest BCUT2D eigenvalue weighted by molar-refractivity contribution is 5.92. The Balaban J connectivity index is 1.50. The minimum atomic E-state index is -0.433. The molecule has 0 unspecified atom stereocenters. The number of nitrogens with zero attached hydrogens (tertiary/aromatic N) is 2. The number of amides is 1. The largest absolute Gasteiger partial charge is 0.484 e. The summed E-state index contributed by atoms with van der Waals surface area (Å²) in [5.41, 5.74) is 4.09. The van der Waals surface area contributed by atoms with Gasteiger partial charge in [-0.2, -0.15) is 5.10 Å². The van der Waals surface area contributed by atoms with E-state index in [1.54, 1.807) is 28.9 Å². The molecule has 7 nitrogen and oxygen atoms in total. The van der Waals surface area contributed by atoms with Crippen molar-refractivity contribution in [2.24, 2.45) is 0 Å². The normalized spacial score (nSPS) is 10.5. The molecule has 0 radical (unpaired) electrons. The van der Waals surface area contributed by atoms with Crippen LogP contribution in [0.5, 0.6) is 5.75 Å². The lowest BCUT2D eigenvalue weighted by atomic mass is 10.1. The van der Waals surface area contributed by atoms with Crippen LogP contribution < -0.4 is 10.1 Å². The number of ether oxygens (including phenoxy) is 2. The Labute approximate surface area is 191 Å². The topological polar surface area (TPSA) is 82.4 Å². The Morgan fingerprint density at radius 3 is 2.30 bits per heavy atom. The maximum atomic E-state index is 12.6. The molecule has 0 aliphatic heterocycles.